The van der Waals surface area contributed by atoms with Gasteiger partial charge < -0.3 is 4.74 Å². The molecule has 100 valence electrons. The van der Waals surface area contributed by atoms with Crippen LogP contribution < -0.4 is 0 Å². The first-order valence-corrected chi connectivity index (χ1v) is 7.20. The Kier molecular flexibility index (Phi) is 4.16. The molecule has 0 aromatic heterocycles. The molecular weight excluding hydrogens is 252 g/mol. The van der Waals surface area contributed by atoms with Crippen molar-refractivity contribution in [1.29, 1.82) is 0 Å². The molecule has 5 heteroatoms. The lowest BCUT2D eigenvalue weighted by Gasteiger charge is -2.22. The average molecular weight is 270 g/mol. The second kappa shape index (κ2) is 5.10. The van der Waals surface area contributed by atoms with E-state index in [9.17, 15) is 13.2 Å². The van der Waals surface area contributed by atoms with Crippen LogP contribution >= 0.6 is 0 Å². The summed E-state index contributed by atoms with van der Waals surface area (Å²) in [5, 5.41) is 0. The number of ether oxygens (including phenoxy) is 1. The lowest BCUT2D eigenvalue weighted by Crippen LogP contribution is -2.42. The first-order valence-electron chi connectivity index (χ1n) is 5.72. The van der Waals surface area contributed by atoms with Gasteiger partial charge in [-0.15, -0.1) is 0 Å². The molecule has 0 saturated heterocycles. The molecule has 0 atom stereocenters. The van der Waals surface area contributed by atoms with Crippen LogP contribution in [0.1, 0.15) is 26.3 Å². The van der Waals surface area contributed by atoms with Gasteiger partial charge in [0.25, 0.3) is 0 Å². The fraction of sp³-hybridized carbons (Fsp3) is 0.462. The van der Waals surface area contributed by atoms with Crippen LogP contribution in [0.3, 0.4) is 0 Å². The second-order valence-electron chi connectivity index (χ2n) is 4.55. The van der Waals surface area contributed by atoms with Crippen molar-refractivity contribution in [2.24, 2.45) is 0 Å². The monoisotopic (exact) mass is 270 g/mol. The molecule has 0 aliphatic carbocycles. The van der Waals surface area contributed by atoms with Crippen molar-refractivity contribution >= 4 is 15.8 Å². The van der Waals surface area contributed by atoms with Gasteiger partial charge in [-0.1, -0.05) is 12.1 Å². The smallest absolute Gasteiger partial charge is 0.327 e. The molecule has 0 aliphatic rings. The van der Waals surface area contributed by atoms with Crippen LogP contribution in [0.5, 0.6) is 0 Å². The van der Waals surface area contributed by atoms with E-state index in [1.54, 1.807) is 32.0 Å². The topological polar surface area (TPSA) is 60.4 Å². The Balaban J connectivity index is 3.25. The van der Waals surface area contributed by atoms with Gasteiger partial charge in [0.1, 0.15) is 0 Å². The largest absolute Gasteiger partial charge is 0.465 e. The summed E-state index contributed by atoms with van der Waals surface area (Å²) in [5.41, 5.74) is 0.829. The van der Waals surface area contributed by atoms with Crippen molar-refractivity contribution in [1.82, 2.24) is 0 Å². The maximum Gasteiger partial charge on any atom is 0.327 e. The van der Waals surface area contributed by atoms with Crippen LogP contribution in [0, 0.1) is 6.92 Å². The van der Waals surface area contributed by atoms with Gasteiger partial charge in [-0.2, -0.15) is 0 Å². The van der Waals surface area contributed by atoms with Crippen molar-refractivity contribution in [2.45, 2.75) is 37.3 Å². The van der Waals surface area contributed by atoms with E-state index >= 15 is 0 Å². The summed E-state index contributed by atoms with van der Waals surface area (Å²) in [5.74, 6) is -0.730. The minimum Gasteiger partial charge on any atom is -0.465 e. The van der Waals surface area contributed by atoms with Crippen molar-refractivity contribution in [3.05, 3.63) is 29.8 Å². The van der Waals surface area contributed by atoms with Gasteiger partial charge in [-0.25, -0.2) is 8.42 Å². The fourth-order valence-electron chi connectivity index (χ4n) is 1.49. The summed E-state index contributed by atoms with van der Waals surface area (Å²) in [6, 6.07) is 6.50. The van der Waals surface area contributed by atoms with E-state index in [4.69, 9.17) is 4.74 Å². The zero-order valence-corrected chi connectivity index (χ0v) is 11.9. The third kappa shape index (κ3) is 2.56. The van der Waals surface area contributed by atoms with Gasteiger partial charge >= 0.3 is 5.97 Å². The molecule has 0 heterocycles. The highest BCUT2D eigenvalue weighted by atomic mass is 32.2. The Morgan fingerprint density at radius 3 is 2.44 bits per heavy atom. The molecule has 1 rings (SSSR count). The first kappa shape index (κ1) is 14.7. The van der Waals surface area contributed by atoms with E-state index in [-0.39, 0.29) is 11.5 Å². The quantitative estimate of drug-likeness (QED) is 0.786. The highest BCUT2D eigenvalue weighted by molar-refractivity contribution is 7.93. The van der Waals surface area contributed by atoms with Crippen LogP contribution in [-0.4, -0.2) is 25.7 Å². The summed E-state index contributed by atoms with van der Waals surface area (Å²) in [6.07, 6.45) is 0. The fourth-order valence-corrected chi connectivity index (χ4v) is 2.96. The van der Waals surface area contributed by atoms with Crippen molar-refractivity contribution < 1.29 is 17.9 Å². The summed E-state index contributed by atoms with van der Waals surface area (Å²) < 4.78 is 28.1. The maximum atomic E-state index is 12.4. The minimum absolute atomic E-state index is 0.139. The molecule has 0 aliphatic heterocycles. The third-order valence-corrected chi connectivity index (χ3v) is 5.12. The van der Waals surface area contributed by atoms with Crippen LogP contribution in [0.4, 0.5) is 0 Å². The molecule has 0 spiro atoms. The molecule has 0 amide bonds. The van der Waals surface area contributed by atoms with Crippen molar-refractivity contribution in [3.8, 4) is 0 Å². The lowest BCUT2D eigenvalue weighted by molar-refractivity contribution is -0.145. The third-order valence-electron chi connectivity index (χ3n) is 2.74. The van der Waals surface area contributed by atoms with Crippen LogP contribution in [0.2, 0.25) is 0 Å². The summed E-state index contributed by atoms with van der Waals surface area (Å²) in [6.45, 7) is 6.33. The first-order chi connectivity index (χ1) is 8.23. The minimum atomic E-state index is -3.76. The highest BCUT2D eigenvalue weighted by Gasteiger charge is 2.44. The SMILES string of the molecule is CCOC(=O)C(C)(C)S(=O)(=O)c1cccc(C)c1. The predicted molar refractivity (Wildman–Crippen MR) is 69.1 cm³/mol. The summed E-state index contributed by atoms with van der Waals surface area (Å²) in [4.78, 5) is 11.9. The van der Waals surface area contributed by atoms with E-state index in [1.807, 2.05) is 0 Å². The number of hydrogen-bond acceptors (Lipinski definition) is 4. The van der Waals surface area contributed by atoms with Gasteiger partial charge in [-0.3, -0.25) is 4.79 Å². The number of benzene rings is 1. The molecule has 0 radical (unpaired) electrons. The molecule has 0 fully saturated rings. The Bertz CT molecular complexity index is 544. The van der Waals surface area contributed by atoms with Gasteiger partial charge in [0.2, 0.25) is 0 Å². The van der Waals surface area contributed by atoms with Gasteiger partial charge in [-0.05, 0) is 45.4 Å². The number of carbonyl (C=O) groups is 1. The van der Waals surface area contributed by atoms with Crippen LogP contribution in [0.15, 0.2) is 29.2 Å². The van der Waals surface area contributed by atoms with E-state index < -0.39 is 20.6 Å². The Morgan fingerprint density at radius 1 is 1.33 bits per heavy atom. The number of carbonyl (C=O) groups excluding carboxylic acids is 1. The summed E-state index contributed by atoms with van der Waals surface area (Å²) in [7, 11) is -3.76. The zero-order valence-electron chi connectivity index (χ0n) is 11.1. The van der Waals surface area contributed by atoms with Crippen LogP contribution in [-0.2, 0) is 19.4 Å². The lowest BCUT2D eigenvalue weighted by atomic mass is 10.2. The Morgan fingerprint density at radius 2 is 1.94 bits per heavy atom. The second-order valence-corrected chi connectivity index (χ2v) is 7.05. The normalized spacial score (nSPS) is 12.2. The summed E-state index contributed by atoms with van der Waals surface area (Å²) >= 11 is 0. The number of sulfone groups is 1. The van der Waals surface area contributed by atoms with Crippen molar-refractivity contribution in [2.75, 3.05) is 6.61 Å². The van der Waals surface area contributed by atoms with Crippen LogP contribution in [0.25, 0.3) is 0 Å². The van der Waals surface area contributed by atoms with E-state index in [0.29, 0.717) is 0 Å². The van der Waals surface area contributed by atoms with Gasteiger partial charge in [0, 0.05) is 0 Å². The molecule has 4 nitrogen and oxygen atoms in total. The Labute approximate surface area is 108 Å². The average Bonchev–Trinajstić information content (AvgIpc) is 2.29. The molecule has 1 aromatic carbocycles. The highest BCUT2D eigenvalue weighted by Crippen LogP contribution is 2.27. The predicted octanol–water partition coefficient (Wildman–Crippen LogP) is 2.11. The van der Waals surface area contributed by atoms with E-state index in [1.165, 1.54) is 19.9 Å². The molecule has 18 heavy (non-hydrogen) atoms. The molecule has 0 N–H and O–H groups in total. The maximum absolute atomic E-state index is 12.4. The number of hydrogen-bond donors (Lipinski definition) is 0. The van der Waals surface area contributed by atoms with Gasteiger partial charge in [0.15, 0.2) is 14.6 Å². The van der Waals surface area contributed by atoms with Gasteiger partial charge in [0.05, 0.1) is 11.5 Å². The van der Waals surface area contributed by atoms with E-state index in [2.05, 4.69) is 0 Å². The molecule has 0 bridgehead atoms. The molecular formula is C13H18O4S. The Hall–Kier alpha value is -1.36. The molecule has 0 saturated carbocycles. The van der Waals surface area contributed by atoms with Crippen molar-refractivity contribution in [3.63, 3.8) is 0 Å². The standard InChI is InChI=1S/C13H18O4S/c1-5-17-12(14)13(3,4)18(15,16)11-8-6-7-10(2)9-11/h6-9H,5H2,1-4H3. The zero-order chi connectivity index (χ0) is 14.0. The number of aryl methyl sites for hydroxylation is 1. The van der Waals surface area contributed by atoms with E-state index in [0.717, 1.165) is 5.56 Å². The molecule has 1 aromatic rings. The number of esters is 1. The number of rotatable bonds is 4. The molecule has 0 unspecified atom stereocenters.